The number of benzene rings is 1. The quantitative estimate of drug-likeness (QED) is 0.767. The van der Waals surface area contributed by atoms with Gasteiger partial charge in [-0.05, 0) is 12.0 Å². The number of hydrogen-bond acceptors (Lipinski definition) is 4. The first-order chi connectivity index (χ1) is 8.49. The molecular formula is C13H20O4S. The van der Waals surface area contributed by atoms with Crippen LogP contribution in [0, 0.1) is 0 Å². The molecule has 0 fully saturated rings. The largest absolute Gasteiger partial charge is 0.395 e. The summed E-state index contributed by atoms with van der Waals surface area (Å²) in [5.41, 5.74) is -0.120. The van der Waals surface area contributed by atoms with Crippen molar-refractivity contribution in [2.45, 2.75) is 18.8 Å². The maximum atomic E-state index is 11.5. The van der Waals surface area contributed by atoms with Crippen LogP contribution in [0.3, 0.4) is 0 Å². The normalized spacial score (nSPS) is 12.6. The van der Waals surface area contributed by atoms with Crippen molar-refractivity contribution in [2.24, 2.45) is 0 Å². The Labute approximate surface area is 108 Å². The van der Waals surface area contributed by atoms with E-state index in [1.807, 2.05) is 18.2 Å². The van der Waals surface area contributed by atoms with Gasteiger partial charge in [0.2, 0.25) is 0 Å². The minimum atomic E-state index is -3.10. The summed E-state index contributed by atoms with van der Waals surface area (Å²) in [5, 5.41) is 19.1. The summed E-state index contributed by atoms with van der Waals surface area (Å²) in [6.45, 7) is 1.05. The van der Waals surface area contributed by atoms with Gasteiger partial charge in [-0.2, -0.15) is 0 Å². The van der Waals surface area contributed by atoms with E-state index in [0.29, 0.717) is 0 Å². The Balaban J connectivity index is 2.95. The molecule has 4 nitrogen and oxygen atoms in total. The smallest absolute Gasteiger partial charge is 0.150 e. The van der Waals surface area contributed by atoms with E-state index in [-0.39, 0.29) is 31.1 Å². The summed E-state index contributed by atoms with van der Waals surface area (Å²) < 4.78 is 23.1. The molecule has 1 aromatic carbocycles. The third-order valence-electron chi connectivity index (χ3n) is 3.32. The van der Waals surface area contributed by atoms with E-state index in [4.69, 9.17) is 0 Å². The highest BCUT2D eigenvalue weighted by Crippen LogP contribution is 2.27. The van der Waals surface area contributed by atoms with Crippen LogP contribution in [-0.2, 0) is 15.3 Å². The summed E-state index contributed by atoms with van der Waals surface area (Å²) in [5.74, 6) is 0.0498. The Kier molecular flexibility index (Phi) is 5.31. The molecule has 0 aromatic heterocycles. The van der Waals surface area contributed by atoms with Crippen molar-refractivity contribution in [1.29, 1.82) is 0 Å². The lowest BCUT2D eigenvalue weighted by Gasteiger charge is -2.30. The minimum Gasteiger partial charge on any atom is -0.395 e. The van der Waals surface area contributed by atoms with Crippen molar-refractivity contribution in [3.63, 3.8) is 0 Å². The highest BCUT2D eigenvalue weighted by Gasteiger charge is 2.32. The molecule has 0 atom stereocenters. The summed E-state index contributed by atoms with van der Waals surface area (Å²) in [7, 11) is -3.10. The van der Waals surface area contributed by atoms with Crippen LogP contribution in [-0.4, -0.2) is 43.4 Å². The zero-order chi connectivity index (χ0) is 13.6. The Morgan fingerprint density at radius 1 is 1.11 bits per heavy atom. The molecule has 0 heterocycles. The molecule has 1 rings (SSSR count). The monoisotopic (exact) mass is 272 g/mol. The molecule has 0 amide bonds. The van der Waals surface area contributed by atoms with Gasteiger partial charge in [-0.25, -0.2) is 8.42 Å². The van der Waals surface area contributed by atoms with Crippen LogP contribution in [0.25, 0.3) is 0 Å². The van der Waals surface area contributed by atoms with Crippen molar-refractivity contribution >= 4 is 9.84 Å². The zero-order valence-corrected chi connectivity index (χ0v) is 11.4. The lowest BCUT2D eigenvalue weighted by Crippen LogP contribution is -2.37. The van der Waals surface area contributed by atoms with Gasteiger partial charge >= 0.3 is 0 Å². The summed E-state index contributed by atoms with van der Waals surface area (Å²) in [6.07, 6.45) is 0.222. The van der Waals surface area contributed by atoms with E-state index in [9.17, 15) is 18.6 Å². The fourth-order valence-corrected chi connectivity index (χ4v) is 2.81. The molecule has 0 aliphatic carbocycles. The first kappa shape index (κ1) is 15.1. The fourth-order valence-electron chi connectivity index (χ4n) is 1.82. The van der Waals surface area contributed by atoms with Crippen molar-refractivity contribution in [3.8, 4) is 0 Å². The first-order valence-electron chi connectivity index (χ1n) is 5.97. The van der Waals surface area contributed by atoms with Crippen LogP contribution in [0.15, 0.2) is 30.3 Å². The molecule has 18 heavy (non-hydrogen) atoms. The lowest BCUT2D eigenvalue weighted by molar-refractivity contribution is 0.114. The summed E-state index contributed by atoms with van der Waals surface area (Å²) >= 11 is 0. The molecule has 0 aliphatic heterocycles. The van der Waals surface area contributed by atoms with Gasteiger partial charge < -0.3 is 10.2 Å². The molecule has 2 N–H and O–H groups in total. The van der Waals surface area contributed by atoms with Crippen molar-refractivity contribution in [1.82, 2.24) is 0 Å². The first-order valence-corrected chi connectivity index (χ1v) is 7.79. The second-order valence-corrected chi connectivity index (χ2v) is 6.92. The number of aliphatic hydroxyl groups excluding tert-OH is 2. The zero-order valence-electron chi connectivity index (χ0n) is 10.5. The molecule has 0 saturated carbocycles. The van der Waals surface area contributed by atoms with E-state index in [0.717, 1.165) is 5.56 Å². The van der Waals surface area contributed by atoms with Crippen molar-refractivity contribution < 1.29 is 18.6 Å². The van der Waals surface area contributed by atoms with Gasteiger partial charge in [0.1, 0.15) is 9.84 Å². The van der Waals surface area contributed by atoms with E-state index in [2.05, 4.69) is 0 Å². The predicted octanol–water partition coefficient (Wildman–Crippen LogP) is 0.734. The Hall–Kier alpha value is -0.910. The SMILES string of the molecule is CCS(=O)(=O)CCC(CO)(CO)c1ccccc1. The molecule has 0 saturated heterocycles. The third-order valence-corrected chi connectivity index (χ3v) is 5.03. The van der Waals surface area contributed by atoms with Gasteiger partial charge in [0, 0.05) is 11.2 Å². The van der Waals surface area contributed by atoms with E-state index in [1.165, 1.54) is 0 Å². The van der Waals surface area contributed by atoms with Crippen LogP contribution in [0.1, 0.15) is 18.9 Å². The Morgan fingerprint density at radius 3 is 2.11 bits per heavy atom. The molecule has 0 spiro atoms. The molecule has 102 valence electrons. The topological polar surface area (TPSA) is 74.6 Å². The highest BCUT2D eigenvalue weighted by molar-refractivity contribution is 7.91. The van der Waals surface area contributed by atoms with E-state index >= 15 is 0 Å². The second-order valence-electron chi connectivity index (χ2n) is 4.45. The average molecular weight is 272 g/mol. The average Bonchev–Trinajstić information content (AvgIpc) is 2.42. The minimum absolute atomic E-state index is 0.0283. The van der Waals surface area contributed by atoms with Gasteiger partial charge in [-0.15, -0.1) is 0 Å². The second kappa shape index (κ2) is 6.31. The van der Waals surface area contributed by atoms with Gasteiger partial charge in [-0.1, -0.05) is 37.3 Å². The molecule has 5 heteroatoms. The number of aliphatic hydroxyl groups is 2. The van der Waals surface area contributed by atoms with Crippen molar-refractivity contribution in [2.75, 3.05) is 24.7 Å². The molecule has 0 bridgehead atoms. The fraction of sp³-hybridized carbons (Fsp3) is 0.538. The lowest BCUT2D eigenvalue weighted by atomic mass is 9.79. The van der Waals surface area contributed by atoms with Gasteiger partial charge in [0.25, 0.3) is 0 Å². The van der Waals surface area contributed by atoms with Crippen molar-refractivity contribution in [3.05, 3.63) is 35.9 Å². The van der Waals surface area contributed by atoms with Crippen LogP contribution in [0.5, 0.6) is 0 Å². The molecule has 1 aromatic rings. The van der Waals surface area contributed by atoms with Crippen LogP contribution in [0.2, 0.25) is 0 Å². The molecular weight excluding hydrogens is 252 g/mol. The molecule has 0 unspecified atom stereocenters. The number of rotatable bonds is 7. The number of sulfone groups is 1. The number of hydrogen-bond donors (Lipinski definition) is 2. The predicted molar refractivity (Wildman–Crippen MR) is 71.2 cm³/mol. The van der Waals surface area contributed by atoms with Crippen LogP contribution < -0.4 is 0 Å². The van der Waals surface area contributed by atoms with E-state index in [1.54, 1.807) is 19.1 Å². The Morgan fingerprint density at radius 2 is 1.67 bits per heavy atom. The van der Waals surface area contributed by atoms with E-state index < -0.39 is 15.3 Å². The van der Waals surface area contributed by atoms with Gasteiger partial charge in [0.05, 0.1) is 19.0 Å². The maximum absolute atomic E-state index is 11.5. The van der Waals surface area contributed by atoms with Gasteiger partial charge in [0.15, 0.2) is 0 Å². The Bertz CT molecular complexity index is 449. The maximum Gasteiger partial charge on any atom is 0.150 e. The van der Waals surface area contributed by atoms with Gasteiger partial charge in [-0.3, -0.25) is 0 Å². The summed E-state index contributed by atoms with van der Waals surface area (Å²) in [4.78, 5) is 0. The van der Waals surface area contributed by atoms with Crippen LogP contribution >= 0.6 is 0 Å². The van der Waals surface area contributed by atoms with Crippen LogP contribution in [0.4, 0.5) is 0 Å². The molecule has 0 aliphatic rings. The third kappa shape index (κ3) is 3.54. The standard InChI is InChI=1S/C13H20O4S/c1-2-18(16,17)9-8-13(10-14,11-15)12-6-4-3-5-7-12/h3-7,14-15H,2,8-11H2,1H3. The highest BCUT2D eigenvalue weighted by atomic mass is 32.2. The molecule has 0 radical (unpaired) electrons. The summed E-state index contributed by atoms with van der Waals surface area (Å²) in [6, 6.07) is 9.05.